The molecule has 0 spiro atoms. The highest BCUT2D eigenvalue weighted by molar-refractivity contribution is 6.23. The lowest BCUT2D eigenvalue weighted by atomic mass is 9.82. The average Bonchev–Trinajstić information content (AvgIpc) is 3.75. The van der Waals surface area contributed by atoms with Gasteiger partial charge in [0.2, 0.25) is 0 Å². The Kier molecular flexibility index (Phi) is 7.09. The number of para-hydroxylation sites is 3. The fraction of sp³-hybridized carbons (Fsp3) is 0.0833. The lowest BCUT2D eigenvalue weighted by Crippen LogP contribution is -2.10. The van der Waals surface area contributed by atoms with Crippen molar-refractivity contribution >= 4 is 49.4 Å². The minimum Gasteiger partial charge on any atom is -0.455 e. The number of benzene rings is 6. The number of furan rings is 1. The number of nitrogens with one attached hydrogen (secondary N) is 1. The van der Waals surface area contributed by atoms with Crippen molar-refractivity contribution in [1.29, 1.82) is 0 Å². The van der Waals surface area contributed by atoms with Gasteiger partial charge in [0.15, 0.2) is 0 Å². The van der Waals surface area contributed by atoms with E-state index in [9.17, 15) is 0 Å². The Balaban J connectivity index is 0.968. The molecule has 0 bridgehead atoms. The molecule has 51 heavy (non-hydrogen) atoms. The van der Waals surface area contributed by atoms with Crippen molar-refractivity contribution in [3.05, 3.63) is 192 Å². The highest BCUT2D eigenvalue weighted by atomic mass is 16.3. The molecular formula is C48H36N2O. The van der Waals surface area contributed by atoms with Gasteiger partial charge in [-0.1, -0.05) is 115 Å². The van der Waals surface area contributed by atoms with Crippen molar-refractivity contribution in [3.8, 4) is 16.8 Å². The zero-order valence-electron chi connectivity index (χ0n) is 28.2. The van der Waals surface area contributed by atoms with Crippen molar-refractivity contribution in [3.63, 3.8) is 0 Å². The lowest BCUT2D eigenvalue weighted by molar-refractivity contribution is 0.673. The van der Waals surface area contributed by atoms with Crippen LogP contribution in [-0.4, -0.2) is 4.57 Å². The predicted molar refractivity (Wildman–Crippen MR) is 214 cm³/mol. The van der Waals surface area contributed by atoms with E-state index in [1.807, 2.05) is 6.07 Å². The smallest absolute Gasteiger partial charge is 0.145 e. The van der Waals surface area contributed by atoms with Crippen LogP contribution >= 0.6 is 0 Å². The second-order valence-electron chi connectivity index (χ2n) is 13.7. The molecule has 0 radical (unpaired) electrons. The Morgan fingerprint density at radius 1 is 0.667 bits per heavy atom. The molecule has 2 heterocycles. The summed E-state index contributed by atoms with van der Waals surface area (Å²) in [5.74, 6) is 0.342. The Morgan fingerprint density at radius 3 is 2.39 bits per heavy atom. The number of allylic oxidation sites excluding steroid dienone is 7. The predicted octanol–water partition coefficient (Wildman–Crippen LogP) is 13.0. The van der Waals surface area contributed by atoms with E-state index in [0.717, 1.165) is 63.5 Å². The van der Waals surface area contributed by atoms with Gasteiger partial charge in [-0.2, -0.15) is 0 Å². The van der Waals surface area contributed by atoms with Gasteiger partial charge in [-0.05, 0) is 102 Å². The summed E-state index contributed by atoms with van der Waals surface area (Å²) in [4.78, 5) is 0. The maximum Gasteiger partial charge on any atom is 0.145 e. The van der Waals surface area contributed by atoms with E-state index >= 15 is 0 Å². The van der Waals surface area contributed by atoms with Crippen LogP contribution in [0.15, 0.2) is 191 Å². The second kappa shape index (κ2) is 12.2. The van der Waals surface area contributed by atoms with Gasteiger partial charge < -0.3 is 14.3 Å². The number of hydrogen-bond acceptors (Lipinski definition) is 2. The minimum absolute atomic E-state index is 0.342. The Bertz CT molecular complexity index is 2730. The van der Waals surface area contributed by atoms with Crippen LogP contribution in [0.3, 0.4) is 0 Å². The van der Waals surface area contributed by atoms with E-state index in [1.54, 1.807) is 0 Å². The first kappa shape index (κ1) is 29.6. The fourth-order valence-electron chi connectivity index (χ4n) is 8.18. The molecule has 2 aliphatic rings. The normalized spacial score (nSPS) is 16.1. The number of nitrogens with zero attached hydrogens (tertiary/aromatic N) is 1. The maximum absolute atomic E-state index is 6.52. The fourth-order valence-corrected chi connectivity index (χ4v) is 8.18. The Morgan fingerprint density at radius 2 is 1.49 bits per heavy atom. The van der Waals surface area contributed by atoms with Crippen LogP contribution < -0.4 is 5.32 Å². The largest absolute Gasteiger partial charge is 0.455 e. The van der Waals surface area contributed by atoms with Gasteiger partial charge in [0.1, 0.15) is 11.2 Å². The van der Waals surface area contributed by atoms with Crippen LogP contribution in [0.5, 0.6) is 0 Å². The highest BCUT2D eigenvalue weighted by Gasteiger charge is 2.21. The maximum atomic E-state index is 6.52. The van der Waals surface area contributed by atoms with E-state index < -0.39 is 0 Å². The zero-order chi connectivity index (χ0) is 33.7. The summed E-state index contributed by atoms with van der Waals surface area (Å²) in [6.07, 6.45) is 14.6. The van der Waals surface area contributed by atoms with Crippen molar-refractivity contribution < 1.29 is 4.42 Å². The minimum atomic E-state index is 0.342. The quantitative estimate of drug-likeness (QED) is 0.193. The van der Waals surface area contributed by atoms with E-state index in [2.05, 4.69) is 174 Å². The van der Waals surface area contributed by atoms with Crippen molar-refractivity contribution in [1.82, 2.24) is 4.57 Å². The monoisotopic (exact) mass is 656 g/mol. The molecule has 2 aromatic heterocycles. The van der Waals surface area contributed by atoms with Gasteiger partial charge in [0.25, 0.3) is 0 Å². The summed E-state index contributed by atoms with van der Waals surface area (Å²) in [7, 11) is 0. The number of aromatic nitrogens is 1. The molecule has 6 aromatic carbocycles. The summed E-state index contributed by atoms with van der Waals surface area (Å²) < 4.78 is 8.90. The van der Waals surface area contributed by atoms with Crippen molar-refractivity contribution in [2.24, 2.45) is 0 Å². The van der Waals surface area contributed by atoms with Crippen LogP contribution in [-0.2, 0) is 0 Å². The van der Waals surface area contributed by atoms with Gasteiger partial charge in [-0.15, -0.1) is 0 Å². The Hall–Kier alpha value is -6.32. The molecule has 2 aliphatic carbocycles. The molecule has 0 saturated heterocycles. The third kappa shape index (κ3) is 5.13. The number of rotatable bonds is 6. The van der Waals surface area contributed by atoms with E-state index in [1.165, 1.54) is 44.4 Å². The van der Waals surface area contributed by atoms with E-state index in [0.29, 0.717) is 5.92 Å². The third-order valence-electron chi connectivity index (χ3n) is 10.6. The van der Waals surface area contributed by atoms with Crippen molar-refractivity contribution in [2.75, 3.05) is 5.32 Å². The average molecular weight is 657 g/mol. The molecule has 0 fully saturated rings. The van der Waals surface area contributed by atoms with Gasteiger partial charge >= 0.3 is 0 Å². The summed E-state index contributed by atoms with van der Waals surface area (Å²) in [6.45, 7) is 0. The van der Waals surface area contributed by atoms with E-state index in [4.69, 9.17) is 4.42 Å². The summed E-state index contributed by atoms with van der Waals surface area (Å²) >= 11 is 0. The molecule has 1 atom stereocenters. The second-order valence-corrected chi connectivity index (χ2v) is 13.7. The molecule has 0 saturated carbocycles. The van der Waals surface area contributed by atoms with Gasteiger partial charge in [-0.3, -0.25) is 0 Å². The van der Waals surface area contributed by atoms with Gasteiger partial charge in [-0.25, -0.2) is 0 Å². The summed E-state index contributed by atoms with van der Waals surface area (Å²) in [5.41, 5.74) is 14.3. The first-order valence-corrected chi connectivity index (χ1v) is 17.9. The molecular weight excluding hydrogens is 621 g/mol. The van der Waals surface area contributed by atoms with Gasteiger partial charge in [0, 0.05) is 39.1 Å². The van der Waals surface area contributed by atoms with Crippen LogP contribution in [0, 0.1) is 0 Å². The summed E-state index contributed by atoms with van der Waals surface area (Å²) in [5, 5.41) is 8.34. The Labute approximate surface area is 297 Å². The number of hydrogen-bond donors (Lipinski definition) is 1. The third-order valence-corrected chi connectivity index (χ3v) is 10.6. The molecule has 244 valence electrons. The van der Waals surface area contributed by atoms with Crippen LogP contribution in [0.2, 0.25) is 0 Å². The molecule has 10 rings (SSSR count). The van der Waals surface area contributed by atoms with Crippen LogP contribution in [0.4, 0.5) is 5.69 Å². The number of fused-ring (bicyclic) bond motifs is 7. The zero-order valence-corrected chi connectivity index (χ0v) is 28.2. The topological polar surface area (TPSA) is 30.1 Å². The molecule has 0 aliphatic heterocycles. The molecule has 8 aromatic rings. The standard InChI is InChI=1S/C48H36N2O/c1-2-15-37(16-3-1)49-43-21-7-4-18-39(43)36-14-10-12-34(30-36)32-24-26-33(27-25-32)35-13-11-17-38(31-35)50-44-22-8-5-20-42(44)47-45(50)29-28-41-40-19-6-9-23-46(40)51-48(41)47/h1-3,5-17,19-29,31,34,49H,4,18,30H2. The SMILES string of the molecule is C1=CC(c2ccc(-c3cccc(-n4c5ccccc5c5c6oc7ccccc7c6ccc54)c3)cc2)CC(C2=C(Nc3ccccc3)C=CCC2)=C1. The van der Waals surface area contributed by atoms with Crippen LogP contribution in [0.25, 0.3) is 60.6 Å². The van der Waals surface area contributed by atoms with Crippen molar-refractivity contribution in [2.45, 2.75) is 25.2 Å². The molecule has 1 N–H and O–H groups in total. The molecule has 1 unspecified atom stereocenters. The van der Waals surface area contributed by atoms with Crippen LogP contribution in [0.1, 0.15) is 30.7 Å². The molecule has 3 nitrogen and oxygen atoms in total. The first-order chi connectivity index (χ1) is 25.3. The highest BCUT2D eigenvalue weighted by Crippen LogP contribution is 2.41. The van der Waals surface area contributed by atoms with E-state index in [-0.39, 0.29) is 0 Å². The first-order valence-electron chi connectivity index (χ1n) is 17.9. The molecule has 0 amide bonds. The molecule has 3 heteroatoms. The van der Waals surface area contributed by atoms with Gasteiger partial charge in [0.05, 0.1) is 16.4 Å². The lowest BCUT2D eigenvalue weighted by Gasteiger charge is -2.25. The number of anilines is 1. The summed E-state index contributed by atoms with van der Waals surface area (Å²) in [6, 6.07) is 50.1.